The van der Waals surface area contributed by atoms with Gasteiger partial charge in [0.05, 0.1) is 0 Å². The predicted octanol–water partition coefficient (Wildman–Crippen LogP) is 2.05. The van der Waals surface area contributed by atoms with Crippen molar-refractivity contribution >= 4 is 0 Å². The van der Waals surface area contributed by atoms with Gasteiger partial charge < -0.3 is 0 Å². The van der Waals surface area contributed by atoms with Gasteiger partial charge in [0.25, 0.3) is 0 Å². The first-order valence-electron chi connectivity index (χ1n) is 4.23. The molecule has 0 saturated carbocycles. The van der Waals surface area contributed by atoms with Crippen LogP contribution in [0.5, 0.6) is 0 Å². The molecule has 0 radical (unpaired) electrons. The molecule has 0 aromatic heterocycles. The summed E-state index contributed by atoms with van der Waals surface area (Å²) < 4.78 is 0. The maximum absolute atomic E-state index is 2.53. The summed E-state index contributed by atoms with van der Waals surface area (Å²) in [5, 5.41) is 0. The molecule has 0 N–H and O–H groups in total. The average Bonchev–Trinajstić information content (AvgIpc) is 1.94. The van der Waals surface area contributed by atoms with Crippen LogP contribution in [0.4, 0.5) is 0 Å². The lowest BCUT2D eigenvalue weighted by Gasteiger charge is -2.29. The van der Waals surface area contributed by atoms with Crippen molar-refractivity contribution in [3.8, 4) is 0 Å². The van der Waals surface area contributed by atoms with Gasteiger partial charge in [-0.15, -0.1) is 0 Å². The highest BCUT2D eigenvalue weighted by atomic mass is 15.1. The SMILES string of the molecule is CCCN1CC=CCC1C. The first kappa shape index (κ1) is 7.80. The van der Waals surface area contributed by atoms with Gasteiger partial charge in [-0.1, -0.05) is 19.1 Å². The minimum atomic E-state index is 0.768. The van der Waals surface area contributed by atoms with Gasteiger partial charge in [-0.05, 0) is 26.3 Å². The molecule has 0 bridgehead atoms. The van der Waals surface area contributed by atoms with Crippen molar-refractivity contribution in [3.63, 3.8) is 0 Å². The monoisotopic (exact) mass is 139 g/mol. The van der Waals surface area contributed by atoms with Crippen molar-refractivity contribution in [2.45, 2.75) is 32.7 Å². The van der Waals surface area contributed by atoms with Crippen LogP contribution in [-0.2, 0) is 0 Å². The largest absolute Gasteiger partial charge is 0.297 e. The van der Waals surface area contributed by atoms with Gasteiger partial charge in [-0.25, -0.2) is 0 Å². The molecule has 1 unspecified atom stereocenters. The Morgan fingerprint density at radius 3 is 2.90 bits per heavy atom. The zero-order valence-corrected chi connectivity index (χ0v) is 7.01. The van der Waals surface area contributed by atoms with Gasteiger partial charge in [-0.3, -0.25) is 4.90 Å². The molecule has 1 heteroatoms. The summed E-state index contributed by atoms with van der Waals surface area (Å²) in [6, 6.07) is 0.768. The summed E-state index contributed by atoms with van der Waals surface area (Å²) >= 11 is 0. The Morgan fingerprint density at radius 2 is 2.30 bits per heavy atom. The molecular formula is C9H17N. The molecule has 0 aromatic carbocycles. The molecule has 10 heavy (non-hydrogen) atoms. The molecule has 1 aliphatic rings. The molecule has 58 valence electrons. The molecule has 0 saturated heterocycles. The van der Waals surface area contributed by atoms with E-state index in [1.54, 1.807) is 0 Å². The Bertz CT molecular complexity index is 118. The Kier molecular flexibility index (Phi) is 2.94. The number of nitrogens with zero attached hydrogens (tertiary/aromatic N) is 1. The molecule has 1 aliphatic heterocycles. The molecule has 1 rings (SSSR count). The predicted molar refractivity (Wildman–Crippen MR) is 45.1 cm³/mol. The molecule has 1 atom stereocenters. The first-order chi connectivity index (χ1) is 4.84. The molecule has 0 amide bonds. The number of hydrogen-bond acceptors (Lipinski definition) is 1. The van der Waals surface area contributed by atoms with Gasteiger partial charge in [0, 0.05) is 12.6 Å². The lowest BCUT2D eigenvalue weighted by Crippen LogP contribution is -2.35. The van der Waals surface area contributed by atoms with Crippen molar-refractivity contribution in [2.75, 3.05) is 13.1 Å². The van der Waals surface area contributed by atoms with Gasteiger partial charge in [0.15, 0.2) is 0 Å². The number of hydrogen-bond donors (Lipinski definition) is 0. The third-order valence-electron chi connectivity index (χ3n) is 2.12. The standard InChI is InChI=1S/C9H17N/c1-3-7-10-8-5-4-6-9(10)2/h4-5,9H,3,6-8H2,1-2H3. The maximum Gasteiger partial charge on any atom is 0.0166 e. The topological polar surface area (TPSA) is 3.24 Å². The smallest absolute Gasteiger partial charge is 0.0166 e. The Balaban J connectivity index is 2.35. The second kappa shape index (κ2) is 3.77. The molecule has 0 aromatic rings. The van der Waals surface area contributed by atoms with Crippen molar-refractivity contribution in [3.05, 3.63) is 12.2 Å². The zero-order valence-electron chi connectivity index (χ0n) is 7.01. The first-order valence-corrected chi connectivity index (χ1v) is 4.23. The van der Waals surface area contributed by atoms with Crippen LogP contribution in [0.25, 0.3) is 0 Å². The fourth-order valence-corrected chi connectivity index (χ4v) is 1.43. The Labute approximate surface area is 63.7 Å². The van der Waals surface area contributed by atoms with Crippen LogP contribution in [0.3, 0.4) is 0 Å². The normalized spacial score (nSPS) is 27.2. The third-order valence-corrected chi connectivity index (χ3v) is 2.12. The van der Waals surface area contributed by atoms with E-state index in [2.05, 4.69) is 30.9 Å². The van der Waals surface area contributed by atoms with E-state index in [9.17, 15) is 0 Å². The van der Waals surface area contributed by atoms with Crippen molar-refractivity contribution in [2.24, 2.45) is 0 Å². The summed E-state index contributed by atoms with van der Waals surface area (Å²) in [5.41, 5.74) is 0. The minimum Gasteiger partial charge on any atom is -0.297 e. The second-order valence-electron chi connectivity index (χ2n) is 3.05. The molecule has 0 fully saturated rings. The number of rotatable bonds is 2. The van der Waals surface area contributed by atoms with Crippen LogP contribution in [0.1, 0.15) is 26.7 Å². The second-order valence-corrected chi connectivity index (χ2v) is 3.05. The van der Waals surface area contributed by atoms with Crippen LogP contribution in [0.2, 0.25) is 0 Å². The Morgan fingerprint density at radius 1 is 1.50 bits per heavy atom. The van der Waals surface area contributed by atoms with Crippen molar-refractivity contribution < 1.29 is 0 Å². The van der Waals surface area contributed by atoms with Crippen molar-refractivity contribution in [1.82, 2.24) is 4.90 Å². The van der Waals surface area contributed by atoms with Crippen molar-refractivity contribution in [1.29, 1.82) is 0 Å². The molecule has 1 nitrogen and oxygen atoms in total. The van der Waals surface area contributed by atoms with E-state index in [4.69, 9.17) is 0 Å². The maximum atomic E-state index is 2.53. The van der Waals surface area contributed by atoms with Crippen LogP contribution in [-0.4, -0.2) is 24.0 Å². The van der Waals surface area contributed by atoms with E-state index < -0.39 is 0 Å². The fraction of sp³-hybridized carbons (Fsp3) is 0.778. The van der Waals surface area contributed by atoms with Crippen LogP contribution < -0.4 is 0 Å². The van der Waals surface area contributed by atoms with E-state index >= 15 is 0 Å². The highest BCUT2D eigenvalue weighted by Crippen LogP contribution is 2.09. The van der Waals surface area contributed by atoms with Crippen LogP contribution in [0.15, 0.2) is 12.2 Å². The molecule has 1 heterocycles. The van der Waals surface area contributed by atoms with E-state index in [-0.39, 0.29) is 0 Å². The summed E-state index contributed by atoms with van der Waals surface area (Å²) in [5.74, 6) is 0. The lowest BCUT2D eigenvalue weighted by atomic mass is 10.1. The average molecular weight is 139 g/mol. The van der Waals surface area contributed by atoms with Crippen LogP contribution in [0, 0.1) is 0 Å². The summed E-state index contributed by atoms with van der Waals surface area (Å²) in [6.45, 7) is 6.96. The fourth-order valence-electron chi connectivity index (χ4n) is 1.43. The highest BCUT2D eigenvalue weighted by molar-refractivity contribution is 4.94. The van der Waals surface area contributed by atoms with Crippen LogP contribution >= 0.6 is 0 Å². The zero-order chi connectivity index (χ0) is 7.40. The van der Waals surface area contributed by atoms with Gasteiger partial charge >= 0.3 is 0 Å². The minimum absolute atomic E-state index is 0.768. The highest BCUT2D eigenvalue weighted by Gasteiger charge is 2.12. The Hall–Kier alpha value is -0.300. The third kappa shape index (κ3) is 1.84. The summed E-state index contributed by atoms with van der Waals surface area (Å²) in [6.07, 6.45) is 7.07. The lowest BCUT2D eigenvalue weighted by molar-refractivity contribution is 0.223. The van der Waals surface area contributed by atoms with Gasteiger partial charge in [0.2, 0.25) is 0 Å². The summed E-state index contributed by atoms with van der Waals surface area (Å²) in [7, 11) is 0. The molecule has 0 spiro atoms. The van der Waals surface area contributed by atoms with Gasteiger partial charge in [-0.2, -0.15) is 0 Å². The molecule has 0 aliphatic carbocycles. The van der Waals surface area contributed by atoms with E-state index in [0.717, 1.165) is 12.6 Å². The molecular weight excluding hydrogens is 122 g/mol. The van der Waals surface area contributed by atoms with E-state index in [0.29, 0.717) is 0 Å². The van der Waals surface area contributed by atoms with E-state index in [1.807, 2.05) is 0 Å². The quantitative estimate of drug-likeness (QED) is 0.529. The van der Waals surface area contributed by atoms with Gasteiger partial charge in [0.1, 0.15) is 0 Å². The van der Waals surface area contributed by atoms with E-state index in [1.165, 1.54) is 19.4 Å². The summed E-state index contributed by atoms with van der Waals surface area (Å²) in [4.78, 5) is 2.53.